The highest BCUT2D eigenvalue weighted by Gasteiger charge is 2.29. The number of hydrogen-bond donors (Lipinski definition) is 1. The molecule has 7 heteroatoms. The Bertz CT molecular complexity index is 908. The van der Waals surface area contributed by atoms with Crippen LogP contribution in [0.2, 0.25) is 0 Å². The van der Waals surface area contributed by atoms with E-state index in [9.17, 15) is 13.5 Å². The molecule has 2 rings (SSSR count). The van der Waals surface area contributed by atoms with Gasteiger partial charge in [-0.3, -0.25) is 4.31 Å². The fraction of sp³-hybridized carbons (Fsp3) is 0.520. The van der Waals surface area contributed by atoms with Gasteiger partial charge < -0.3 is 14.7 Å². The molecule has 0 fully saturated rings. The molecule has 0 aliphatic rings. The second-order valence-electron chi connectivity index (χ2n) is 8.18. The first kappa shape index (κ1) is 26.2. The van der Waals surface area contributed by atoms with Crippen LogP contribution in [0.3, 0.4) is 0 Å². The molecule has 0 spiro atoms. The Hall–Kier alpha value is -2.09. The molecular weight excluding hydrogens is 424 g/mol. The van der Waals surface area contributed by atoms with Gasteiger partial charge in [0.05, 0.1) is 30.3 Å². The quantitative estimate of drug-likeness (QED) is 0.449. The van der Waals surface area contributed by atoms with Crippen LogP contribution < -0.4 is 9.04 Å². The highest BCUT2D eigenvalue weighted by atomic mass is 32.2. The predicted molar refractivity (Wildman–Crippen MR) is 131 cm³/mol. The smallest absolute Gasteiger partial charge is 0.264 e. The molecule has 0 heterocycles. The number of sulfonamides is 1. The second-order valence-corrected chi connectivity index (χ2v) is 10.0. The van der Waals surface area contributed by atoms with Crippen LogP contribution in [-0.2, 0) is 10.0 Å². The standard InChI is InChI=1S/C25H38N2O4S/c1-5-7-17-26(18-8-6-2)19-22(28)20-27(24-11-9-10-12-25(24)31-4)32(29,30)23-15-13-21(3)14-16-23/h9-16,22,28H,5-8,17-20H2,1-4H3/t22-/m1/s1. The summed E-state index contributed by atoms with van der Waals surface area (Å²) in [6.07, 6.45) is 3.42. The number of benzene rings is 2. The van der Waals surface area contributed by atoms with Crippen LogP contribution in [0.15, 0.2) is 53.4 Å². The SMILES string of the molecule is CCCCN(CCCC)C[C@@H](O)CN(c1ccccc1OC)S(=O)(=O)c1ccc(C)cc1. The third-order valence-electron chi connectivity index (χ3n) is 5.46. The average Bonchev–Trinajstić information content (AvgIpc) is 2.79. The van der Waals surface area contributed by atoms with Gasteiger partial charge in [0.15, 0.2) is 0 Å². The van der Waals surface area contributed by atoms with E-state index in [2.05, 4.69) is 18.7 Å². The van der Waals surface area contributed by atoms with Gasteiger partial charge in [0.2, 0.25) is 0 Å². The Labute approximate surface area is 193 Å². The minimum absolute atomic E-state index is 0.0503. The van der Waals surface area contributed by atoms with Gasteiger partial charge in [0.25, 0.3) is 10.0 Å². The first-order valence-electron chi connectivity index (χ1n) is 11.5. The molecule has 0 bridgehead atoms. The Kier molecular flexibility index (Phi) is 10.5. The monoisotopic (exact) mass is 462 g/mol. The van der Waals surface area contributed by atoms with Gasteiger partial charge in [-0.25, -0.2) is 8.42 Å². The Morgan fingerprint density at radius 2 is 1.53 bits per heavy atom. The molecule has 1 N–H and O–H groups in total. The van der Waals surface area contributed by atoms with Crippen LogP contribution in [0.25, 0.3) is 0 Å². The lowest BCUT2D eigenvalue weighted by molar-refractivity contribution is 0.117. The second kappa shape index (κ2) is 12.8. The number of para-hydroxylation sites is 2. The molecule has 2 aromatic carbocycles. The van der Waals surface area contributed by atoms with Gasteiger partial charge in [0, 0.05) is 6.54 Å². The maximum atomic E-state index is 13.6. The number of aryl methyl sites for hydroxylation is 1. The molecule has 0 aliphatic carbocycles. The molecule has 0 aromatic heterocycles. The maximum Gasteiger partial charge on any atom is 0.264 e. The van der Waals surface area contributed by atoms with E-state index >= 15 is 0 Å². The van der Waals surface area contributed by atoms with Gasteiger partial charge in [-0.15, -0.1) is 0 Å². The zero-order valence-corrected chi connectivity index (χ0v) is 20.6. The summed E-state index contributed by atoms with van der Waals surface area (Å²) in [6, 6.07) is 13.8. The minimum atomic E-state index is -3.89. The van der Waals surface area contributed by atoms with Crippen molar-refractivity contribution in [1.82, 2.24) is 4.90 Å². The fourth-order valence-electron chi connectivity index (χ4n) is 3.60. The summed E-state index contributed by atoms with van der Waals surface area (Å²) in [4.78, 5) is 2.42. The lowest BCUT2D eigenvalue weighted by atomic mass is 10.2. The number of methoxy groups -OCH3 is 1. The van der Waals surface area contributed by atoms with E-state index in [1.807, 2.05) is 6.92 Å². The highest BCUT2D eigenvalue weighted by molar-refractivity contribution is 7.92. The number of anilines is 1. The van der Waals surface area contributed by atoms with Crippen molar-refractivity contribution in [2.75, 3.05) is 37.6 Å². The van der Waals surface area contributed by atoms with Crippen molar-refractivity contribution in [3.05, 3.63) is 54.1 Å². The summed E-state index contributed by atoms with van der Waals surface area (Å²) in [5.74, 6) is 0.448. The van der Waals surface area contributed by atoms with Gasteiger partial charge >= 0.3 is 0 Å². The number of ether oxygens (including phenoxy) is 1. The summed E-state index contributed by atoms with van der Waals surface area (Å²) in [5, 5.41) is 11.0. The third kappa shape index (κ3) is 7.22. The van der Waals surface area contributed by atoms with Crippen molar-refractivity contribution in [2.24, 2.45) is 0 Å². The van der Waals surface area contributed by atoms with Crippen LogP contribution in [0.4, 0.5) is 5.69 Å². The summed E-state index contributed by atoms with van der Waals surface area (Å²) in [5.41, 5.74) is 1.40. The van der Waals surface area contributed by atoms with Crippen LogP contribution >= 0.6 is 0 Å². The Morgan fingerprint density at radius 1 is 0.938 bits per heavy atom. The lowest BCUT2D eigenvalue weighted by Crippen LogP contribution is -2.43. The Balaban J connectivity index is 2.35. The van der Waals surface area contributed by atoms with E-state index in [-0.39, 0.29) is 11.4 Å². The van der Waals surface area contributed by atoms with E-state index in [4.69, 9.17) is 4.74 Å². The first-order chi connectivity index (χ1) is 15.3. The average molecular weight is 463 g/mol. The number of nitrogens with zero attached hydrogens (tertiary/aromatic N) is 2. The van der Waals surface area contributed by atoms with E-state index in [0.29, 0.717) is 18.0 Å². The zero-order chi connectivity index (χ0) is 23.6. The van der Waals surface area contributed by atoms with Crippen LogP contribution in [0, 0.1) is 6.92 Å². The minimum Gasteiger partial charge on any atom is -0.495 e. The molecule has 0 unspecified atom stereocenters. The van der Waals surface area contributed by atoms with Crippen LogP contribution in [-0.4, -0.2) is 57.8 Å². The summed E-state index contributed by atoms with van der Waals surface area (Å²) in [6.45, 7) is 8.37. The van der Waals surface area contributed by atoms with Crippen LogP contribution in [0.5, 0.6) is 5.75 Å². The normalized spacial score (nSPS) is 12.7. The van der Waals surface area contributed by atoms with E-state index in [0.717, 1.165) is 44.3 Å². The van der Waals surface area contributed by atoms with Crippen molar-refractivity contribution in [3.63, 3.8) is 0 Å². The fourth-order valence-corrected chi connectivity index (χ4v) is 5.12. The largest absolute Gasteiger partial charge is 0.495 e. The van der Waals surface area contributed by atoms with Crippen molar-refractivity contribution < 1.29 is 18.3 Å². The van der Waals surface area contributed by atoms with Gasteiger partial charge in [-0.2, -0.15) is 0 Å². The summed E-state index contributed by atoms with van der Waals surface area (Å²) >= 11 is 0. The number of aliphatic hydroxyl groups is 1. The molecule has 0 radical (unpaired) electrons. The molecule has 2 aromatic rings. The van der Waals surface area contributed by atoms with E-state index in [1.54, 1.807) is 48.5 Å². The van der Waals surface area contributed by atoms with Crippen molar-refractivity contribution in [2.45, 2.75) is 57.5 Å². The zero-order valence-electron chi connectivity index (χ0n) is 19.8. The Morgan fingerprint density at radius 3 is 2.09 bits per heavy atom. The molecule has 0 amide bonds. The lowest BCUT2D eigenvalue weighted by Gasteiger charge is -2.31. The van der Waals surface area contributed by atoms with Gasteiger partial charge in [-0.05, 0) is 57.1 Å². The summed E-state index contributed by atoms with van der Waals surface area (Å²) < 4.78 is 34.0. The topological polar surface area (TPSA) is 70.1 Å². The van der Waals surface area contributed by atoms with E-state index in [1.165, 1.54) is 11.4 Å². The highest BCUT2D eigenvalue weighted by Crippen LogP contribution is 2.32. The first-order valence-corrected chi connectivity index (χ1v) is 12.9. The van der Waals surface area contributed by atoms with E-state index < -0.39 is 16.1 Å². The van der Waals surface area contributed by atoms with Crippen molar-refractivity contribution in [3.8, 4) is 5.75 Å². The molecule has 1 atom stereocenters. The van der Waals surface area contributed by atoms with Crippen molar-refractivity contribution >= 4 is 15.7 Å². The number of unbranched alkanes of at least 4 members (excludes halogenated alkanes) is 2. The number of aliphatic hydroxyl groups excluding tert-OH is 1. The number of rotatable bonds is 14. The molecule has 178 valence electrons. The van der Waals surface area contributed by atoms with Gasteiger partial charge in [-0.1, -0.05) is 56.5 Å². The molecule has 0 aliphatic heterocycles. The van der Waals surface area contributed by atoms with Gasteiger partial charge in [0.1, 0.15) is 5.75 Å². The molecular formula is C25H38N2O4S. The molecule has 0 saturated heterocycles. The predicted octanol–water partition coefficient (Wildman–Crippen LogP) is 4.46. The third-order valence-corrected chi connectivity index (χ3v) is 7.26. The maximum absolute atomic E-state index is 13.6. The summed E-state index contributed by atoms with van der Waals surface area (Å²) in [7, 11) is -2.38. The molecule has 0 saturated carbocycles. The number of hydrogen-bond acceptors (Lipinski definition) is 5. The van der Waals surface area contributed by atoms with Crippen molar-refractivity contribution in [1.29, 1.82) is 0 Å². The molecule has 6 nitrogen and oxygen atoms in total. The van der Waals surface area contributed by atoms with Crippen LogP contribution in [0.1, 0.15) is 45.1 Å². The molecule has 32 heavy (non-hydrogen) atoms.